The largest absolute Gasteiger partial charge is 0.502 e. The lowest BCUT2D eigenvalue weighted by atomic mass is 9.66. The van der Waals surface area contributed by atoms with Crippen molar-refractivity contribution in [2.75, 3.05) is 34.2 Å². The molecule has 46 heavy (non-hydrogen) atoms. The molecule has 13 nitrogen and oxygen atoms in total. The molecule has 5 heterocycles. The number of ether oxygens (including phenoxy) is 9. The fourth-order valence-corrected chi connectivity index (χ4v) is 7.89. The smallest absolute Gasteiger partial charge is 0.310 e. The number of thiophene rings is 1. The van der Waals surface area contributed by atoms with Crippen molar-refractivity contribution in [1.29, 1.82) is 0 Å². The van der Waals surface area contributed by atoms with Gasteiger partial charge in [0.15, 0.2) is 35.6 Å². The molecule has 14 heteroatoms. The van der Waals surface area contributed by atoms with Crippen LogP contribution in [0.1, 0.15) is 39.9 Å². The predicted octanol–water partition coefficient (Wildman–Crippen LogP) is 2.75. The summed E-state index contributed by atoms with van der Waals surface area (Å²) >= 11 is 1.46. The first-order valence-electron chi connectivity index (χ1n) is 14.9. The van der Waals surface area contributed by atoms with Crippen molar-refractivity contribution in [3.8, 4) is 28.7 Å². The number of phenols is 1. The SMILES string of the molecule is COc1cc([C@@H]2c3cc4c(cc3[C@H](OC3OC5COC(c6cccs6)OC5C(O)C3O)[C@@H]3COC(=O)[C@H]23)OCO4)cc(OC)c1O. The van der Waals surface area contributed by atoms with Gasteiger partial charge in [0.2, 0.25) is 12.5 Å². The monoisotopic (exact) mass is 656 g/mol. The average molecular weight is 657 g/mol. The van der Waals surface area contributed by atoms with Crippen LogP contribution in [0, 0.1) is 11.8 Å². The fraction of sp³-hybridized carbons (Fsp3) is 0.469. The summed E-state index contributed by atoms with van der Waals surface area (Å²) in [4.78, 5) is 14.3. The van der Waals surface area contributed by atoms with E-state index >= 15 is 0 Å². The van der Waals surface area contributed by atoms with Crippen LogP contribution in [-0.4, -0.2) is 86.2 Å². The molecule has 0 spiro atoms. The Morgan fingerprint density at radius 1 is 0.913 bits per heavy atom. The van der Waals surface area contributed by atoms with E-state index in [0.717, 1.165) is 4.88 Å². The highest BCUT2D eigenvalue weighted by Crippen LogP contribution is 2.57. The van der Waals surface area contributed by atoms with Crippen molar-refractivity contribution in [3.63, 3.8) is 0 Å². The zero-order valence-corrected chi connectivity index (χ0v) is 25.6. The van der Waals surface area contributed by atoms with Crippen molar-refractivity contribution in [1.82, 2.24) is 0 Å². The molecule has 3 N–H and O–H groups in total. The lowest BCUT2D eigenvalue weighted by molar-refractivity contribution is -0.368. The van der Waals surface area contributed by atoms with Crippen LogP contribution in [0.2, 0.25) is 0 Å². The standard InChI is InChI=1S/C32H32O13S/c1-37-19-6-13(7-20(38-2)25(19)33)23-14-8-17-18(42-12-41-17)9-15(14)28(16-10-39-30(36)24(16)23)44-32-27(35)26(34)29-21(43-32)11-40-31(45-29)22-4-3-5-46-22/h3-9,16,21,23-24,26-29,31-35H,10-12H2,1-2H3/t16-,21?,23-,24+,26?,27?,28+,29?,31?,32?/m1/s1. The second-order valence-electron chi connectivity index (χ2n) is 11.8. The lowest BCUT2D eigenvalue weighted by Crippen LogP contribution is -2.62. The summed E-state index contributed by atoms with van der Waals surface area (Å²) in [5.74, 6) is -1.08. The second kappa shape index (κ2) is 11.6. The van der Waals surface area contributed by atoms with Gasteiger partial charge in [-0.05, 0) is 52.4 Å². The number of hydrogen-bond acceptors (Lipinski definition) is 14. The van der Waals surface area contributed by atoms with Gasteiger partial charge >= 0.3 is 5.97 Å². The maximum Gasteiger partial charge on any atom is 0.310 e. The molecule has 3 aromatic rings. The molecule has 0 amide bonds. The van der Waals surface area contributed by atoms with Crippen molar-refractivity contribution in [2.45, 2.75) is 49.0 Å². The quantitative estimate of drug-likeness (QED) is 0.333. The number of benzene rings is 2. The number of fused-ring (bicyclic) bond motifs is 4. The number of hydrogen-bond donors (Lipinski definition) is 3. The number of phenolic OH excluding ortho intramolecular Hbond substituents is 1. The van der Waals surface area contributed by atoms with E-state index in [1.165, 1.54) is 25.6 Å². The molecule has 4 aliphatic heterocycles. The Bertz CT molecular complexity index is 1600. The topological polar surface area (TPSA) is 161 Å². The molecular weight excluding hydrogens is 624 g/mol. The summed E-state index contributed by atoms with van der Waals surface area (Å²) in [7, 11) is 2.86. The Morgan fingerprint density at radius 2 is 1.65 bits per heavy atom. The molecule has 0 radical (unpaired) electrons. The summed E-state index contributed by atoms with van der Waals surface area (Å²) in [6.45, 7) is 0.171. The van der Waals surface area contributed by atoms with E-state index in [-0.39, 0.29) is 37.3 Å². The molecule has 1 aliphatic carbocycles. The summed E-state index contributed by atoms with van der Waals surface area (Å²) in [6, 6.07) is 10.7. The van der Waals surface area contributed by atoms with Gasteiger partial charge in [-0.2, -0.15) is 0 Å². The minimum atomic E-state index is -1.47. The van der Waals surface area contributed by atoms with Crippen LogP contribution < -0.4 is 18.9 Å². The van der Waals surface area contributed by atoms with Crippen LogP contribution in [0.25, 0.3) is 0 Å². The molecule has 2 aromatic carbocycles. The first-order chi connectivity index (χ1) is 22.4. The van der Waals surface area contributed by atoms with Gasteiger partial charge in [-0.25, -0.2) is 0 Å². The number of carbonyl (C=O) groups excluding carboxylic acids is 1. The zero-order chi connectivity index (χ0) is 31.7. The highest BCUT2D eigenvalue weighted by Gasteiger charge is 2.56. The van der Waals surface area contributed by atoms with Gasteiger partial charge in [0.05, 0.1) is 44.3 Å². The predicted molar refractivity (Wildman–Crippen MR) is 156 cm³/mol. The Labute approximate surface area is 267 Å². The molecule has 6 unspecified atom stereocenters. The van der Waals surface area contributed by atoms with Gasteiger partial charge in [0.1, 0.15) is 24.4 Å². The van der Waals surface area contributed by atoms with Crippen LogP contribution in [0.15, 0.2) is 41.8 Å². The third-order valence-corrected chi connectivity index (χ3v) is 10.3. The molecule has 5 aliphatic rings. The second-order valence-corrected chi connectivity index (χ2v) is 12.7. The van der Waals surface area contributed by atoms with Crippen molar-refractivity contribution in [3.05, 3.63) is 63.3 Å². The number of cyclic esters (lactones) is 1. The number of esters is 1. The molecule has 10 atom stereocenters. The van der Waals surface area contributed by atoms with E-state index in [9.17, 15) is 20.1 Å². The summed E-state index contributed by atoms with van der Waals surface area (Å²) in [6.07, 6.45) is -7.16. The normalized spacial score (nSPS) is 34.3. The number of aliphatic hydroxyl groups excluding tert-OH is 2. The minimum Gasteiger partial charge on any atom is -0.502 e. The van der Waals surface area contributed by atoms with Gasteiger partial charge in [-0.1, -0.05) is 6.07 Å². The number of methoxy groups -OCH3 is 2. The van der Waals surface area contributed by atoms with Gasteiger partial charge < -0.3 is 58.0 Å². The van der Waals surface area contributed by atoms with Gasteiger partial charge in [-0.3, -0.25) is 4.79 Å². The maximum absolute atomic E-state index is 13.5. The minimum absolute atomic E-state index is 0.0242. The van der Waals surface area contributed by atoms with E-state index < -0.39 is 66.8 Å². The highest BCUT2D eigenvalue weighted by molar-refractivity contribution is 7.10. The third-order valence-electron chi connectivity index (χ3n) is 9.37. The Morgan fingerprint density at radius 3 is 2.35 bits per heavy atom. The Hall–Kier alpha value is -3.63. The summed E-state index contributed by atoms with van der Waals surface area (Å²) in [5, 5.41) is 35.0. The van der Waals surface area contributed by atoms with Crippen LogP contribution in [-0.2, 0) is 28.5 Å². The first-order valence-corrected chi connectivity index (χ1v) is 15.8. The molecule has 3 saturated heterocycles. The molecule has 1 aromatic heterocycles. The molecule has 3 fully saturated rings. The van der Waals surface area contributed by atoms with Crippen LogP contribution in [0.3, 0.4) is 0 Å². The fourth-order valence-electron chi connectivity index (χ4n) is 7.18. The highest BCUT2D eigenvalue weighted by atomic mass is 32.1. The number of carbonyl (C=O) groups is 1. The number of aliphatic hydroxyl groups is 2. The van der Waals surface area contributed by atoms with E-state index in [2.05, 4.69) is 0 Å². The molecule has 8 rings (SSSR count). The summed E-state index contributed by atoms with van der Waals surface area (Å²) in [5.41, 5.74) is 2.00. The van der Waals surface area contributed by atoms with E-state index in [4.69, 9.17) is 42.6 Å². The first kappa shape index (κ1) is 29.8. The van der Waals surface area contributed by atoms with Crippen molar-refractivity contribution in [2.24, 2.45) is 11.8 Å². The van der Waals surface area contributed by atoms with Gasteiger partial charge in [0, 0.05) is 11.8 Å². The Balaban J connectivity index is 1.16. The summed E-state index contributed by atoms with van der Waals surface area (Å²) < 4.78 is 52.6. The van der Waals surface area contributed by atoms with Crippen LogP contribution in [0.4, 0.5) is 0 Å². The molecule has 0 bridgehead atoms. The average Bonchev–Trinajstić information content (AvgIpc) is 3.85. The van der Waals surface area contributed by atoms with Gasteiger partial charge in [0.25, 0.3) is 0 Å². The van der Waals surface area contributed by atoms with Crippen molar-refractivity contribution < 1.29 is 62.7 Å². The van der Waals surface area contributed by atoms with E-state index in [1.807, 2.05) is 23.6 Å². The van der Waals surface area contributed by atoms with E-state index in [0.29, 0.717) is 28.2 Å². The number of aromatic hydroxyl groups is 1. The van der Waals surface area contributed by atoms with Crippen molar-refractivity contribution >= 4 is 17.3 Å². The van der Waals surface area contributed by atoms with E-state index in [1.54, 1.807) is 18.2 Å². The molecular formula is C32H32O13S. The van der Waals surface area contributed by atoms with Crippen LogP contribution in [0.5, 0.6) is 28.7 Å². The molecule has 0 saturated carbocycles. The van der Waals surface area contributed by atoms with Crippen LogP contribution >= 0.6 is 11.3 Å². The lowest BCUT2D eigenvalue weighted by Gasteiger charge is -2.48. The molecule has 244 valence electrons. The Kier molecular flexibility index (Phi) is 7.48. The number of rotatable bonds is 6. The maximum atomic E-state index is 13.5. The van der Waals surface area contributed by atoms with Gasteiger partial charge in [-0.15, -0.1) is 11.3 Å². The zero-order valence-electron chi connectivity index (χ0n) is 24.8. The third kappa shape index (κ3) is 4.70.